The minimum Gasteiger partial charge on any atom is -0.383 e. The maximum absolute atomic E-state index is 13.4. The van der Waals surface area contributed by atoms with Crippen molar-refractivity contribution >= 4 is 11.8 Å². The molecular weight excluding hydrogens is 347 g/mol. The lowest BCUT2D eigenvalue weighted by atomic mass is 9.83. The zero-order valence-corrected chi connectivity index (χ0v) is 16.0. The molecule has 27 heavy (non-hydrogen) atoms. The largest absolute Gasteiger partial charge is 0.383 e. The van der Waals surface area contributed by atoms with Crippen LogP contribution in [0.2, 0.25) is 0 Å². The molecule has 0 radical (unpaired) electrons. The Hall–Kier alpha value is -1.95. The summed E-state index contributed by atoms with van der Waals surface area (Å²) in [5, 5.41) is 3.21. The minimum absolute atomic E-state index is 0.00569. The maximum Gasteiger partial charge on any atom is 0.225 e. The first-order valence-corrected chi connectivity index (χ1v) is 9.94. The van der Waals surface area contributed by atoms with Crippen molar-refractivity contribution < 1.29 is 18.7 Å². The smallest absolute Gasteiger partial charge is 0.225 e. The van der Waals surface area contributed by atoms with E-state index in [0.29, 0.717) is 26.0 Å². The lowest BCUT2D eigenvalue weighted by Gasteiger charge is -2.41. The number of nitrogens with one attached hydrogen (secondary N) is 1. The number of amides is 2. The first kappa shape index (κ1) is 19.8. The van der Waals surface area contributed by atoms with Gasteiger partial charge in [0.2, 0.25) is 11.8 Å². The van der Waals surface area contributed by atoms with Gasteiger partial charge in [0, 0.05) is 26.1 Å². The Bertz CT molecular complexity index is 643. The first-order chi connectivity index (χ1) is 13.1. The molecule has 2 atom stereocenters. The number of ether oxygens (including phenoxy) is 1. The number of likely N-dealkylation sites (tertiary alicyclic amines) is 1. The minimum atomic E-state index is -0.384. The molecule has 6 heteroatoms. The van der Waals surface area contributed by atoms with E-state index in [2.05, 4.69) is 5.32 Å². The molecule has 0 unspecified atom stereocenters. The van der Waals surface area contributed by atoms with Crippen LogP contribution in [0.4, 0.5) is 4.39 Å². The van der Waals surface area contributed by atoms with Gasteiger partial charge in [-0.25, -0.2) is 4.39 Å². The van der Waals surface area contributed by atoms with Gasteiger partial charge in [0.25, 0.3) is 0 Å². The second-order valence-electron chi connectivity index (χ2n) is 7.57. The summed E-state index contributed by atoms with van der Waals surface area (Å²) >= 11 is 0. The summed E-state index contributed by atoms with van der Waals surface area (Å²) in [6, 6.07) is 5.98. The molecule has 2 aliphatic rings. The SMILES string of the molecule is COCCN1C(=O)CC[C@@H](C(=O)NC2CCCCC2)[C@@H]1c1ccc(F)cc1. The number of hydrogen-bond donors (Lipinski definition) is 1. The summed E-state index contributed by atoms with van der Waals surface area (Å²) in [5.41, 5.74) is 0.796. The van der Waals surface area contributed by atoms with Crippen LogP contribution < -0.4 is 5.32 Å². The molecular formula is C21H29FN2O3. The lowest BCUT2D eigenvalue weighted by Crippen LogP contribution is -2.50. The van der Waals surface area contributed by atoms with Crippen molar-refractivity contribution in [3.8, 4) is 0 Å². The van der Waals surface area contributed by atoms with Gasteiger partial charge in [-0.1, -0.05) is 31.4 Å². The van der Waals surface area contributed by atoms with Crippen molar-refractivity contribution in [2.24, 2.45) is 5.92 Å². The van der Waals surface area contributed by atoms with Crippen molar-refractivity contribution in [2.45, 2.75) is 57.0 Å². The normalized spacial score (nSPS) is 24.1. The second kappa shape index (κ2) is 9.31. The highest BCUT2D eigenvalue weighted by molar-refractivity contribution is 5.85. The molecule has 1 aromatic rings. The lowest BCUT2D eigenvalue weighted by molar-refractivity contribution is -0.144. The Morgan fingerprint density at radius 2 is 1.89 bits per heavy atom. The Morgan fingerprint density at radius 1 is 1.19 bits per heavy atom. The molecule has 1 heterocycles. The van der Waals surface area contributed by atoms with Crippen molar-refractivity contribution in [1.29, 1.82) is 0 Å². The van der Waals surface area contributed by atoms with Gasteiger partial charge in [0.05, 0.1) is 18.6 Å². The van der Waals surface area contributed by atoms with E-state index in [-0.39, 0.29) is 35.6 Å². The van der Waals surface area contributed by atoms with Crippen LogP contribution in [0.1, 0.15) is 56.6 Å². The average Bonchev–Trinajstić information content (AvgIpc) is 2.68. The van der Waals surface area contributed by atoms with Crippen LogP contribution in [0, 0.1) is 11.7 Å². The van der Waals surface area contributed by atoms with Crippen LogP contribution >= 0.6 is 0 Å². The van der Waals surface area contributed by atoms with Gasteiger partial charge in [-0.3, -0.25) is 9.59 Å². The molecule has 1 aromatic carbocycles. The van der Waals surface area contributed by atoms with Crippen molar-refractivity contribution in [3.63, 3.8) is 0 Å². The highest BCUT2D eigenvalue weighted by Crippen LogP contribution is 2.37. The van der Waals surface area contributed by atoms with Gasteiger partial charge in [-0.15, -0.1) is 0 Å². The number of piperidine rings is 1. The third-order valence-electron chi connectivity index (χ3n) is 5.74. The predicted molar refractivity (Wildman–Crippen MR) is 100 cm³/mol. The van der Waals surface area contributed by atoms with E-state index in [9.17, 15) is 14.0 Å². The van der Waals surface area contributed by atoms with E-state index in [1.165, 1.54) is 18.6 Å². The fraction of sp³-hybridized carbons (Fsp3) is 0.619. The standard InChI is InChI=1S/C21H29FN2O3/c1-27-14-13-24-19(25)12-11-18(20(24)15-7-9-16(22)10-8-15)21(26)23-17-5-3-2-4-6-17/h7-10,17-18,20H,2-6,11-14H2,1H3,(H,23,26)/t18-,20+/m1/s1. The number of rotatable bonds is 6. The van der Waals surface area contributed by atoms with E-state index in [4.69, 9.17) is 4.74 Å². The Balaban J connectivity index is 1.83. The number of methoxy groups -OCH3 is 1. The molecule has 1 saturated carbocycles. The quantitative estimate of drug-likeness (QED) is 0.829. The van der Waals surface area contributed by atoms with Crippen LogP contribution in [0.5, 0.6) is 0 Å². The second-order valence-corrected chi connectivity index (χ2v) is 7.57. The molecule has 2 fully saturated rings. The summed E-state index contributed by atoms with van der Waals surface area (Å²) in [7, 11) is 1.59. The number of hydrogen-bond acceptors (Lipinski definition) is 3. The predicted octanol–water partition coefficient (Wildman–Crippen LogP) is 3.20. The van der Waals surface area contributed by atoms with Crippen LogP contribution in [0.3, 0.4) is 0 Å². The molecule has 0 bridgehead atoms. The third kappa shape index (κ3) is 4.86. The van der Waals surface area contributed by atoms with E-state index >= 15 is 0 Å². The molecule has 5 nitrogen and oxygen atoms in total. The summed E-state index contributed by atoms with van der Waals surface area (Å²) in [4.78, 5) is 27.4. The Labute approximate surface area is 160 Å². The topological polar surface area (TPSA) is 58.6 Å². The van der Waals surface area contributed by atoms with Crippen LogP contribution in [0.15, 0.2) is 24.3 Å². The van der Waals surface area contributed by atoms with Crippen molar-refractivity contribution in [3.05, 3.63) is 35.6 Å². The fourth-order valence-electron chi connectivity index (χ4n) is 4.31. The Kier molecular flexibility index (Phi) is 6.83. The molecule has 2 amide bonds. The van der Waals surface area contributed by atoms with Gasteiger partial charge in [0.15, 0.2) is 0 Å². The number of carbonyl (C=O) groups is 2. The number of nitrogens with zero attached hydrogens (tertiary/aromatic N) is 1. The fourth-order valence-corrected chi connectivity index (χ4v) is 4.31. The molecule has 0 spiro atoms. The van der Waals surface area contributed by atoms with E-state index < -0.39 is 0 Å². The molecule has 1 saturated heterocycles. The monoisotopic (exact) mass is 376 g/mol. The van der Waals surface area contributed by atoms with Crippen LogP contribution in [-0.4, -0.2) is 43.0 Å². The van der Waals surface area contributed by atoms with Gasteiger partial charge in [-0.05, 0) is 37.0 Å². The number of halogens is 1. The Morgan fingerprint density at radius 3 is 2.56 bits per heavy atom. The zero-order valence-electron chi connectivity index (χ0n) is 16.0. The van der Waals surface area contributed by atoms with Gasteiger partial charge < -0.3 is 15.0 Å². The molecule has 1 N–H and O–H groups in total. The molecule has 3 rings (SSSR count). The summed E-state index contributed by atoms with van der Waals surface area (Å²) in [6.07, 6.45) is 6.43. The van der Waals surface area contributed by atoms with Gasteiger partial charge in [-0.2, -0.15) is 0 Å². The highest BCUT2D eigenvalue weighted by Gasteiger charge is 2.40. The number of carbonyl (C=O) groups excluding carboxylic acids is 2. The average molecular weight is 376 g/mol. The van der Waals surface area contributed by atoms with Gasteiger partial charge in [0.1, 0.15) is 5.82 Å². The zero-order chi connectivity index (χ0) is 19.2. The molecule has 0 aromatic heterocycles. The van der Waals surface area contributed by atoms with E-state index in [1.807, 2.05) is 0 Å². The first-order valence-electron chi connectivity index (χ1n) is 9.94. The summed E-state index contributed by atoms with van der Waals surface area (Å²) < 4.78 is 18.6. The number of benzene rings is 1. The van der Waals surface area contributed by atoms with Crippen LogP contribution in [-0.2, 0) is 14.3 Å². The van der Waals surface area contributed by atoms with Crippen LogP contribution in [0.25, 0.3) is 0 Å². The van der Waals surface area contributed by atoms with E-state index in [1.54, 1.807) is 24.1 Å². The van der Waals surface area contributed by atoms with E-state index in [0.717, 1.165) is 31.2 Å². The summed E-state index contributed by atoms with van der Waals surface area (Å²) in [6.45, 7) is 0.824. The highest BCUT2D eigenvalue weighted by atomic mass is 19.1. The molecule has 148 valence electrons. The molecule has 1 aliphatic carbocycles. The summed E-state index contributed by atoms with van der Waals surface area (Å²) in [5.74, 6) is -0.631. The van der Waals surface area contributed by atoms with Crippen molar-refractivity contribution in [2.75, 3.05) is 20.3 Å². The van der Waals surface area contributed by atoms with Gasteiger partial charge >= 0.3 is 0 Å². The molecule has 1 aliphatic heterocycles. The maximum atomic E-state index is 13.4. The van der Waals surface area contributed by atoms with Crippen molar-refractivity contribution in [1.82, 2.24) is 10.2 Å². The third-order valence-corrected chi connectivity index (χ3v) is 5.74.